The lowest BCUT2D eigenvalue weighted by Crippen LogP contribution is -2.42. The fraction of sp³-hybridized carbons (Fsp3) is 0.458. The number of amides is 1. The molecular weight excluding hydrogens is 410 g/mol. The highest BCUT2D eigenvalue weighted by atomic mass is 32.2. The largest absolute Gasteiger partial charge is 0.371 e. The van der Waals surface area contributed by atoms with Gasteiger partial charge in [-0.3, -0.25) is 4.79 Å². The lowest BCUT2D eigenvalue weighted by molar-refractivity contribution is -0.125. The smallest absolute Gasteiger partial charge is 0.243 e. The molecule has 3 rings (SSSR count). The molecular formula is C24H33N3O3S. The van der Waals surface area contributed by atoms with Crippen LogP contribution in [-0.2, 0) is 14.8 Å². The van der Waals surface area contributed by atoms with Gasteiger partial charge in [0.15, 0.2) is 0 Å². The van der Waals surface area contributed by atoms with Gasteiger partial charge in [-0.2, -0.15) is 4.31 Å². The van der Waals surface area contributed by atoms with Gasteiger partial charge in [-0.1, -0.05) is 49.4 Å². The van der Waals surface area contributed by atoms with Crippen molar-refractivity contribution < 1.29 is 13.2 Å². The number of anilines is 1. The van der Waals surface area contributed by atoms with Crippen LogP contribution in [0, 0.1) is 5.92 Å². The van der Waals surface area contributed by atoms with Crippen molar-refractivity contribution in [1.29, 1.82) is 0 Å². The minimum atomic E-state index is -3.55. The molecule has 168 valence electrons. The third-order valence-electron chi connectivity index (χ3n) is 6.02. The number of piperidine rings is 1. The Morgan fingerprint density at radius 1 is 1.10 bits per heavy atom. The van der Waals surface area contributed by atoms with Crippen molar-refractivity contribution in [3.63, 3.8) is 0 Å². The molecule has 6 nitrogen and oxygen atoms in total. The molecule has 1 N–H and O–H groups in total. The Labute approximate surface area is 186 Å². The number of hydrogen-bond acceptors (Lipinski definition) is 4. The van der Waals surface area contributed by atoms with Gasteiger partial charge in [-0.05, 0) is 48.9 Å². The number of carbonyl (C=O) groups is 1. The topological polar surface area (TPSA) is 69.7 Å². The van der Waals surface area contributed by atoms with Crippen LogP contribution in [0.25, 0.3) is 0 Å². The molecule has 0 bridgehead atoms. The number of carbonyl (C=O) groups excluding carboxylic acids is 1. The molecule has 0 saturated carbocycles. The summed E-state index contributed by atoms with van der Waals surface area (Å²) in [6, 6.07) is 16.1. The van der Waals surface area contributed by atoms with Crippen molar-refractivity contribution >= 4 is 21.6 Å². The quantitative estimate of drug-likeness (QED) is 0.708. The number of sulfonamides is 1. The van der Waals surface area contributed by atoms with E-state index in [0.29, 0.717) is 11.5 Å². The number of hydrogen-bond donors (Lipinski definition) is 1. The molecule has 31 heavy (non-hydrogen) atoms. The van der Waals surface area contributed by atoms with E-state index < -0.39 is 16.1 Å². The summed E-state index contributed by atoms with van der Waals surface area (Å²) in [7, 11) is -2.12. The number of nitrogens with zero attached hydrogens (tertiary/aromatic N) is 2. The summed E-state index contributed by atoms with van der Waals surface area (Å²) < 4.78 is 25.4. The molecule has 1 saturated heterocycles. The first-order valence-corrected chi connectivity index (χ1v) is 12.6. The molecule has 0 aromatic heterocycles. The van der Waals surface area contributed by atoms with Gasteiger partial charge in [0.2, 0.25) is 15.9 Å². The van der Waals surface area contributed by atoms with Crippen molar-refractivity contribution in [3.05, 3.63) is 65.7 Å². The highest BCUT2D eigenvalue weighted by molar-refractivity contribution is 7.88. The summed E-state index contributed by atoms with van der Waals surface area (Å²) in [5, 5.41) is 3.00. The third kappa shape index (κ3) is 5.86. The van der Waals surface area contributed by atoms with E-state index in [-0.39, 0.29) is 11.9 Å². The SMILES string of the molecule is CC1CCCN(c2ccc(C(C)NC(=O)C(c3ccccc3)N(C)S(C)(=O)=O)cc2)C1. The maximum atomic E-state index is 13.1. The van der Waals surface area contributed by atoms with Crippen LogP contribution in [0.4, 0.5) is 5.69 Å². The van der Waals surface area contributed by atoms with Crippen LogP contribution < -0.4 is 10.2 Å². The maximum absolute atomic E-state index is 13.1. The van der Waals surface area contributed by atoms with Crippen molar-refractivity contribution in [2.24, 2.45) is 5.92 Å². The Bertz CT molecular complexity index is 977. The van der Waals surface area contributed by atoms with Crippen LogP contribution in [0.5, 0.6) is 0 Å². The van der Waals surface area contributed by atoms with E-state index in [4.69, 9.17) is 0 Å². The molecule has 1 amide bonds. The average molecular weight is 444 g/mol. The first-order chi connectivity index (χ1) is 14.7. The zero-order valence-electron chi connectivity index (χ0n) is 18.8. The van der Waals surface area contributed by atoms with Gasteiger partial charge in [0.05, 0.1) is 12.3 Å². The molecule has 1 heterocycles. The fourth-order valence-corrected chi connectivity index (χ4v) is 4.73. The molecule has 1 fully saturated rings. The lowest BCUT2D eigenvalue weighted by Gasteiger charge is -2.33. The molecule has 2 aromatic rings. The Morgan fingerprint density at radius 3 is 2.32 bits per heavy atom. The zero-order valence-corrected chi connectivity index (χ0v) is 19.6. The van der Waals surface area contributed by atoms with Crippen molar-refractivity contribution in [3.8, 4) is 0 Å². The Hall–Kier alpha value is -2.38. The van der Waals surface area contributed by atoms with Crippen LogP contribution in [0.3, 0.4) is 0 Å². The number of rotatable bonds is 7. The normalized spacial score (nSPS) is 19.1. The van der Waals surface area contributed by atoms with Gasteiger partial charge >= 0.3 is 0 Å². The standard InChI is InChI=1S/C24H33N3O3S/c1-18-9-8-16-27(17-18)22-14-12-20(13-15-22)19(2)25-24(28)23(26(3)31(4,29)30)21-10-6-5-7-11-21/h5-7,10-15,18-19,23H,8-9,16-17H2,1-4H3,(H,25,28). The molecule has 7 heteroatoms. The second-order valence-corrected chi connectivity index (χ2v) is 10.6. The van der Waals surface area contributed by atoms with Gasteiger partial charge < -0.3 is 10.2 Å². The van der Waals surface area contributed by atoms with Crippen LogP contribution in [-0.4, -0.2) is 45.0 Å². The highest BCUT2D eigenvalue weighted by Crippen LogP contribution is 2.26. The lowest BCUT2D eigenvalue weighted by atomic mass is 9.99. The summed E-state index contributed by atoms with van der Waals surface area (Å²) in [4.78, 5) is 15.6. The molecule has 3 atom stereocenters. The van der Waals surface area contributed by atoms with Crippen LogP contribution in [0.1, 0.15) is 49.9 Å². The third-order valence-corrected chi connectivity index (χ3v) is 7.28. The zero-order chi connectivity index (χ0) is 22.6. The minimum absolute atomic E-state index is 0.249. The Balaban J connectivity index is 1.74. The summed E-state index contributed by atoms with van der Waals surface area (Å²) in [6.07, 6.45) is 3.60. The summed E-state index contributed by atoms with van der Waals surface area (Å²) >= 11 is 0. The Morgan fingerprint density at radius 2 is 1.74 bits per heavy atom. The molecule has 3 unspecified atom stereocenters. The van der Waals surface area contributed by atoms with E-state index in [1.54, 1.807) is 24.3 Å². The summed E-state index contributed by atoms with van der Waals surface area (Å²) in [5.41, 5.74) is 2.82. The second-order valence-electron chi connectivity index (χ2n) is 8.61. The van der Waals surface area contributed by atoms with Crippen LogP contribution >= 0.6 is 0 Å². The minimum Gasteiger partial charge on any atom is -0.371 e. The number of likely N-dealkylation sites (N-methyl/N-ethyl adjacent to an activating group) is 1. The van der Waals surface area contributed by atoms with Crippen molar-refractivity contribution in [2.45, 2.75) is 38.8 Å². The summed E-state index contributed by atoms with van der Waals surface area (Å²) in [6.45, 7) is 6.35. The van der Waals surface area contributed by atoms with Crippen molar-refractivity contribution in [2.75, 3.05) is 31.3 Å². The van der Waals surface area contributed by atoms with Crippen LogP contribution in [0.2, 0.25) is 0 Å². The Kier molecular flexibility index (Phi) is 7.38. The monoisotopic (exact) mass is 443 g/mol. The predicted octanol–water partition coefficient (Wildman–Crippen LogP) is 3.73. The van der Waals surface area contributed by atoms with Gasteiger partial charge in [0, 0.05) is 25.8 Å². The molecule has 0 radical (unpaired) electrons. The molecule has 0 aliphatic carbocycles. The molecule has 0 spiro atoms. The number of benzene rings is 2. The van der Waals surface area contributed by atoms with E-state index in [9.17, 15) is 13.2 Å². The first kappa shape index (κ1) is 23.3. The molecule has 1 aliphatic heterocycles. The van der Waals surface area contributed by atoms with E-state index in [0.717, 1.165) is 29.2 Å². The average Bonchev–Trinajstić information content (AvgIpc) is 2.74. The van der Waals surface area contributed by atoms with E-state index in [2.05, 4.69) is 29.3 Å². The fourth-order valence-electron chi connectivity index (χ4n) is 4.13. The van der Waals surface area contributed by atoms with Gasteiger partial charge in [-0.15, -0.1) is 0 Å². The highest BCUT2D eigenvalue weighted by Gasteiger charge is 2.31. The second kappa shape index (κ2) is 9.83. The van der Waals surface area contributed by atoms with Gasteiger partial charge in [0.25, 0.3) is 0 Å². The molecule has 1 aliphatic rings. The maximum Gasteiger partial charge on any atom is 0.243 e. The van der Waals surface area contributed by atoms with E-state index >= 15 is 0 Å². The summed E-state index contributed by atoms with van der Waals surface area (Å²) in [5.74, 6) is 0.356. The van der Waals surface area contributed by atoms with Gasteiger partial charge in [0.1, 0.15) is 6.04 Å². The first-order valence-electron chi connectivity index (χ1n) is 10.8. The molecule has 2 aromatic carbocycles. The predicted molar refractivity (Wildman–Crippen MR) is 125 cm³/mol. The van der Waals surface area contributed by atoms with E-state index in [1.807, 2.05) is 25.1 Å². The van der Waals surface area contributed by atoms with Crippen LogP contribution in [0.15, 0.2) is 54.6 Å². The number of nitrogens with one attached hydrogen (secondary N) is 1. The van der Waals surface area contributed by atoms with Crippen molar-refractivity contribution in [1.82, 2.24) is 9.62 Å². The van der Waals surface area contributed by atoms with Gasteiger partial charge in [-0.25, -0.2) is 8.42 Å². The van der Waals surface area contributed by atoms with E-state index in [1.165, 1.54) is 25.6 Å².